The van der Waals surface area contributed by atoms with Crippen molar-refractivity contribution in [3.8, 4) is 0 Å². The van der Waals surface area contributed by atoms with Crippen molar-refractivity contribution in [2.45, 2.75) is 180 Å². The first-order valence-electron chi connectivity index (χ1n) is 24.4. The SMILES string of the molecule is CO[C@H]1C[C@@H]2CC[C@@H](C)[C@@](O)(O2)C(=O)C(=O)N2CCCC[C@H]2C(=O)CO[C@H]([C@H](C)CC2CC[C@@H](O)[C@H](OC)C2)CC(=O)[C@H](C)/C=C(\C)[C@@H](O)[C@@H](OC)C(=O)[C@H](C)C[C@H](C)/C=C/C=C/C=C/1C. The Morgan fingerprint density at radius 3 is 2.24 bits per heavy atom. The fraction of sp³-hybridized carbons (Fsp3) is 0.750. The first kappa shape index (κ1) is 55.4. The van der Waals surface area contributed by atoms with E-state index in [1.165, 1.54) is 12.0 Å². The zero-order valence-corrected chi connectivity index (χ0v) is 41.3. The number of fused-ring (bicyclic) bond motifs is 3. The second kappa shape index (κ2) is 26.0. The summed E-state index contributed by atoms with van der Waals surface area (Å²) in [6.45, 7) is 12.5. The third-order valence-electron chi connectivity index (χ3n) is 14.8. The number of nitrogens with zero attached hydrogens (tertiary/aromatic N) is 1. The summed E-state index contributed by atoms with van der Waals surface area (Å²) in [6.07, 6.45) is 12.1. The molecule has 0 radical (unpaired) electrons. The van der Waals surface area contributed by atoms with Crippen LogP contribution in [0.1, 0.15) is 126 Å². The quantitative estimate of drug-likeness (QED) is 0.201. The summed E-state index contributed by atoms with van der Waals surface area (Å²) in [4.78, 5) is 71.5. The van der Waals surface area contributed by atoms with Crippen LogP contribution < -0.4 is 0 Å². The second-order valence-electron chi connectivity index (χ2n) is 19.9. The van der Waals surface area contributed by atoms with E-state index in [0.29, 0.717) is 69.8 Å². The van der Waals surface area contributed by atoms with Crippen LogP contribution in [0.25, 0.3) is 0 Å². The first-order valence-corrected chi connectivity index (χ1v) is 24.4. The van der Waals surface area contributed by atoms with Crippen LogP contribution >= 0.6 is 0 Å². The summed E-state index contributed by atoms with van der Waals surface area (Å²) in [5.41, 5.74) is 1.30. The van der Waals surface area contributed by atoms with Crippen LogP contribution in [0.15, 0.2) is 47.6 Å². The molecular weight excluding hydrogens is 847 g/mol. The van der Waals surface area contributed by atoms with Crippen molar-refractivity contribution in [1.29, 1.82) is 0 Å². The van der Waals surface area contributed by atoms with Crippen molar-refractivity contribution in [2.75, 3.05) is 34.5 Å². The topological polar surface area (TPSA) is 195 Å². The van der Waals surface area contributed by atoms with Gasteiger partial charge in [0.1, 0.15) is 24.6 Å². The number of hydrogen-bond acceptors (Lipinski definition) is 13. The Kier molecular flexibility index (Phi) is 21.8. The number of hydrogen-bond donors (Lipinski definition) is 3. The van der Waals surface area contributed by atoms with Gasteiger partial charge in [-0.1, -0.05) is 71.1 Å². The van der Waals surface area contributed by atoms with Crippen molar-refractivity contribution in [2.24, 2.45) is 35.5 Å². The van der Waals surface area contributed by atoms with E-state index in [2.05, 4.69) is 0 Å². The van der Waals surface area contributed by atoms with Gasteiger partial charge in [-0.05, 0) is 107 Å². The molecule has 3 heterocycles. The van der Waals surface area contributed by atoms with Crippen molar-refractivity contribution >= 4 is 29.0 Å². The van der Waals surface area contributed by atoms with Gasteiger partial charge in [-0.2, -0.15) is 0 Å². The van der Waals surface area contributed by atoms with E-state index in [1.807, 2.05) is 58.1 Å². The number of ketones is 4. The molecule has 2 saturated heterocycles. The van der Waals surface area contributed by atoms with E-state index in [-0.39, 0.29) is 48.4 Å². The molecule has 14 nitrogen and oxygen atoms in total. The molecule has 3 N–H and O–H groups in total. The van der Waals surface area contributed by atoms with Gasteiger partial charge in [0.25, 0.3) is 11.7 Å². The fourth-order valence-corrected chi connectivity index (χ4v) is 10.3. The van der Waals surface area contributed by atoms with Gasteiger partial charge in [-0.15, -0.1) is 0 Å². The molecule has 3 fully saturated rings. The molecule has 14 heteroatoms. The number of piperidine rings is 1. The number of ether oxygens (including phenoxy) is 5. The summed E-state index contributed by atoms with van der Waals surface area (Å²) in [5, 5.41) is 33.8. The van der Waals surface area contributed by atoms with Gasteiger partial charge in [-0.25, -0.2) is 0 Å². The molecule has 1 saturated carbocycles. The zero-order valence-electron chi connectivity index (χ0n) is 41.3. The molecule has 4 rings (SSSR count). The van der Waals surface area contributed by atoms with Crippen LogP contribution in [-0.4, -0.2) is 138 Å². The number of allylic oxidation sites excluding steroid dienone is 6. The van der Waals surface area contributed by atoms with Gasteiger partial charge in [0.2, 0.25) is 5.79 Å². The minimum atomic E-state index is -2.40. The fourth-order valence-electron chi connectivity index (χ4n) is 10.3. The maximum Gasteiger partial charge on any atom is 0.296 e. The van der Waals surface area contributed by atoms with Gasteiger partial charge in [0, 0.05) is 58.5 Å². The molecule has 15 atom stereocenters. The molecule has 0 spiro atoms. The summed E-state index contributed by atoms with van der Waals surface area (Å²) in [6, 6.07) is -0.982. The van der Waals surface area contributed by atoms with Crippen LogP contribution in [0.5, 0.6) is 0 Å². The van der Waals surface area contributed by atoms with Crippen molar-refractivity contribution in [3.05, 3.63) is 47.6 Å². The third kappa shape index (κ3) is 14.7. The highest BCUT2D eigenvalue weighted by Gasteiger charge is 2.53. The van der Waals surface area contributed by atoms with Gasteiger partial charge < -0.3 is 43.9 Å². The molecule has 1 aliphatic carbocycles. The van der Waals surface area contributed by atoms with E-state index >= 15 is 0 Å². The number of amides is 1. The van der Waals surface area contributed by atoms with E-state index < -0.39 is 90.3 Å². The molecule has 1 amide bonds. The second-order valence-corrected chi connectivity index (χ2v) is 19.9. The Balaban J connectivity index is 1.67. The molecule has 66 heavy (non-hydrogen) atoms. The lowest BCUT2D eigenvalue weighted by atomic mass is 9.78. The van der Waals surface area contributed by atoms with Crippen LogP contribution in [0.2, 0.25) is 0 Å². The summed E-state index contributed by atoms with van der Waals surface area (Å²) in [7, 11) is 4.55. The lowest BCUT2D eigenvalue weighted by Gasteiger charge is -2.42. The van der Waals surface area contributed by atoms with Gasteiger partial charge in [-0.3, -0.25) is 24.0 Å². The highest BCUT2D eigenvalue weighted by atomic mass is 16.6. The third-order valence-corrected chi connectivity index (χ3v) is 14.8. The Labute approximate surface area is 393 Å². The van der Waals surface area contributed by atoms with Crippen LogP contribution in [0, 0.1) is 35.5 Å². The molecule has 0 aromatic carbocycles. The molecule has 3 aliphatic heterocycles. The monoisotopic (exact) mass is 928 g/mol. The molecule has 372 valence electrons. The Morgan fingerprint density at radius 1 is 0.833 bits per heavy atom. The average Bonchev–Trinajstić information content (AvgIpc) is 3.29. The maximum atomic E-state index is 14.2. The van der Waals surface area contributed by atoms with E-state index in [1.54, 1.807) is 41.1 Å². The van der Waals surface area contributed by atoms with Crippen LogP contribution in [0.4, 0.5) is 0 Å². The lowest BCUT2D eigenvalue weighted by molar-refractivity contribution is -0.265. The van der Waals surface area contributed by atoms with Crippen molar-refractivity contribution in [3.63, 3.8) is 0 Å². The smallest absolute Gasteiger partial charge is 0.296 e. The molecule has 0 aromatic rings. The molecule has 2 bridgehead atoms. The summed E-state index contributed by atoms with van der Waals surface area (Å²) >= 11 is 0. The number of rotatable bonds is 6. The Bertz CT molecular complexity index is 1770. The molecule has 4 aliphatic rings. The standard InChI is InChI=1S/C52H81NO13/c1-31-16-12-11-13-17-32(2)44(62-8)28-39-21-19-37(7)52(61,66-39)50(59)51(60)53-23-15-14-18-40(53)43(56)30-65-45(34(4)26-38-20-22-41(54)46(27-38)63-9)29-42(55)33(3)25-36(6)48(58)49(64-10)47(57)35(5)24-31/h11-13,16-17,25,31,33-35,37-41,44-46,48-49,54,58,61H,14-15,18-24,26-30H2,1-10H3/b13-11+,16-12+,32-17+,36-25+/t31-,33-,34-,35-,37-,38?,39+,40+,41-,44+,45+,46-,48-,49+,52-/m1/s1. The van der Waals surface area contributed by atoms with Gasteiger partial charge in [0.15, 0.2) is 11.6 Å². The number of carbonyl (C=O) groups excluding carboxylic acids is 5. The first-order chi connectivity index (χ1) is 31.2. The van der Waals surface area contributed by atoms with E-state index in [9.17, 15) is 39.3 Å². The highest BCUT2D eigenvalue weighted by Crippen LogP contribution is 2.37. The summed E-state index contributed by atoms with van der Waals surface area (Å²) in [5.74, 6) is -7.16. The van der Waals surface area contributed by atoms with Gasteiger partial charge in [0.05, 0.1) is 36.6 Å². The van der Waals surface area contributed by atoms with Crippen LogP contribution in [0.3, 0.4) is 0 Å². The zero-order chi connectivity index (χ0) is 48.9. The minimum Gasteiger partial charge on any atom is -0.390 e. The summed E-state index contributed by atoms with van der Waals surface area (Å²) < 4.78 is 29.5. The van der Waals surface area contributed by atoms with Crippen molar-refractivity contribution in [1.82, 2.24) is 4.90 Å². The normalized spacial score (nSPS) is 40.3. The molecular formula is C52H81NO13. The minimum absolute atomic E-state index is 0.0219. The van der Waals surface area contributed by atoms with Crippen LogP contribution in [-0.2, 0) is 47.7 Å². The van der Waals surface area contributed by atoms with E-state index in [0.717, 1.165) is 12.0 Å². The number of aliphatic hydroxyl groups excluding tert-OH is 2. The predicted octanol–water partition coefficient (Wildman–Crippen LogP) is 6.22. The Morgan fingerprint density at radius 2 is 1.56 bits per heavy atom. The Hall–Kier alpha value is -3.21. The average molecular weight is 928 g/mol. The molecule has 0 aromatic heterocycles. The lowest BCUT2D eigenvalue weighted by Crippen LogP contribution is -2.60. The number of methoxy groups -OCH3 is 3. The number of carbonyl (C=O) groups is 5. The van der Waals surface area contributed by atoms with Gasteiger partial charge >= 0.3 is 0 Å². The number of aliphatic hydroxyl groups is 3. The van der Waals surface area contributed by atoms with E-state index in [4.69, 9.17) is 23.7 Å². The molecule has 1 unspecified atom stereocenters. The maximum absolute atomic E-state index is 14.2. The van der Waals surface area contributed by atoms with Crippen molar-refractivity contribution < 1.29 is 63.0 Å². The highest BCUT2D eigenvalue weighted by molar-refractivity contribution is 6.39. The largest absolute Gasteiger partial charge is 0.390 e. The number of Topliss-reactive ketones (excluding diaryl/α,β-unsaturated/α-hetero) is 4. The predicted molar refractivity (Wildman–Crippen MR) is 250 cm³/mol.